The summed E-state index contributed by atoms with van der Waals surface area (Å²) in [6.07, 6.45) is 0. The van der Waals surface area contributed by atoms with E-state index in [1.54, 1.807) is 6.92 Å². The zero-order valence-electron chi connectivity index (χ0n) is 6.00. The molecule has 0 aliphatic rings. The molecule has 3 N–H and O–H groups in total. The Kier molecular flexibility index (Phi) is 1.68. The molecule has 1 aromatic carbocycles. The number of phenols is 3. The van der Waals surface area contributed by atoms with Crippen LogP contribution in [0.15, 0.2) is 6.07 Å². The highest BCUT2D eigenvalue weighted by Gasteiger charge is 2.09. The van der Waals surface area contributed by atoms with Crippen LogP contribution in [-0.4, -0.2) is 23.2 Å². The fourth-order valence-corrected chi connectivity index (χ4v) is 0.760. The summed E-state index contributed by atoms with van der Waals surface area (Å²) >= 11 is 0. The summed E-state index contributed by atoms with van der Waals surface area (Å²) in [5, 5.41) is 26.9. The first-order valence-electron chi connectivity index (χ1n) is 3.04. The van der Waals surface area contributed by atoms with Crippen LogP contribution in [0.2, 0.25) is 0 Å². The van der Waals surface area contributed by atoms with Gasteiger partial charge in [0.1, 0.15) is 7.85 Å². The highest BCUT2D eigenvalue weighted by atomic mass is 16.3. The molecule has 2 radical (unpaired) electrons. The van der Waals surface area contributed by atoms with Gasteiger partial charge in [0.05, 0.1) is 0 Å². The molecule has 0 saturated carbocycles. The Labute approximate surface area is 65.3 Å². The topological polar surface area (TPSA) is 60.7 Å². The van der Waals surface area contributed by atoms with E-state index in [2.05, 4.69) is 0 Å². The van der Waals surface area contributed by atoms with Gasteiger partial charge in [0.25, 0.3) is 0 Å². The van der Waals surface area contributed by atoms with Crippen molar-refractivity contribution >= 4 is 13.3 Å². The minimum atomic E-state index is -0.531. The lowest BCUT2D eigenvalue weighted by Crippen LogP contribution is -2.06. The van der Waals surface area contributed by atoms with Crippen LogP contribution >= 0.6 is 0 Å². The van der Waals surface area contributed by atoms with Gasteiger partial charge in [-0.3, -0.25) is 0 Å². The smallest absolute Gasteiger partial charge is 0.200 e. The van der Waals surface area contributed by atoms with Crippen LogP contribution in [0.4, 0.5) is 0 Å². The van der Waals surface area contributed by atoms with Crippen LogP contribution in [0.3, 0.4) is 0 Å². The maximum Gasteiger partial charge on any atom is 0.200 e. The third-order valence-electron chi connectivity index (χ3n) is 1.55. The molecule has 56 valence electrons. The van der Waals surface area contributed by atoms with Gasteiger partial charge in [-0.1, -0.05) is 5.46 Å². The molecule has 1 rings (SSSR count). The fraction of sp³-hybridized carbons (Fsp3) is 0.143. The molecule has 3 nitrogen and oxygen atoms in total. The van der Waals surface area contributed by atoms with Crippen molar-refractivity contribution in [2.75, 3.05) is 0 Å². The molecule has 4 heteroatoms. The van der Waals surface area contributed by atoms with Gasteiger partial charge in [0, 0.05) is 0 Å². The van der Waals surface area contributed by atoms with Crippen LogP contribution in [0.5, 0.6) is 17.2 Å². The Morgan fingerprint density at radius 3 is 2.27 bits per heavy atom. The second-order valence-corrected chi connectivity index (χ2v) is 2.31. The van der Waals surface area contributed by atoms with Gasteiger partial charge in [-0.15, -0.1) is 0 Å². The predicted octanol–water partition coefficient (Wildman–Crippen LogP) is -0.0944. The SMILES string of the molecule is [B]c1cc(O)c(O)c(O)c1C. The van der Waals surface area contributed by atoms with E-state index in [1.807, 2.05) is 0 Å². The standard InChI is InChI=1S/C7H7BO3/c1-3-4(8)2-5(9)7(11)6(3)10/h2,9-11H,1H3. The number of phenolic OH excluding ortho intramolecular Hbond substituents is 3. The molecule has 0 bridgehead atoms. The molecule has 11 heavy (non-hydrogen) atoms. The largest absolute Gasteiger partial charge is 0.504 e. The second-order valence-electron chi connectivity index (χ2n) is 2.31. The summed E-state index contributed by atoms with van der Waals surface area (Å²) in [5.74, 6) is -1.32. The minimum Gasteiger partial charge on any atom is -0.504 e. The molecule has 0 aliphatic carbocycles. The van der Waals surface area contributed by atoms with Crippen molar-refractivity contribution < 1.29 is 15.3 Å². The Morgan fingerprint density at radius 1 is 1.18 bits per heavy atom. The van der Waals surface area contributed by atoms with E-state index in [0.29, 0.717) is 5.56 Å². The molecule has 0 unspecified atom stereocenters. The van der Waals surface area contributed by atoms with E-state index < -0.39 is 11.5 Å². The summed E-state index contributed by atoms with van der Waals surface area (Å²) in [5.41, 5.74) is 0.609. The number of rotatable bonds is 0. The first kappa shape index (κ1) is 7.79. The lowest BCUT2D eigenvalue weighted by atomic mass is 9.90. The normalized spacial score (nSPS) is 9.91. The quantitative estimate of drug-likeness (QED) is 0.357. The molecule has 0 fully saturated rings. The van der Waals surface area contributed by atoms with Crippen molar-refractivity contribution in [3.8, 4) is 17.2 Å². The summed E-state index contributed by atoms with van der Waals surface area (Å²) in [4.78, 5) is 0. The molecular formula is C7H7BO3. The molecule has 0 heterocycles. The average molecular weight is 150 g/mol. The highest BCUT2D eigenvalue weighted by Crippen LogP contribution is 2.34. The van der Waals surface area contributed by atoms with E-state index in [-0.39, 0.29) is 11.2 Å². The van der Waals surface area contributed by atoms with E-state index in [1.165, 1.54) is 6.07 Å². The lowest BCUT2D eigenvalue weighted by Gasteiger charge is -2.06. The number of hydrogen-bond donors (Lipinski definition) is 3. The molecule has 0 saturated heterocycles. The van der Waals surface area contributed by atoms with Crippen molar-refractivity contribution in [2.45, 2.75) is 6.92 Å². The van der Waals surface area contributed by atoms with Crippen molar-refractivity contribution in [1.82, 2.24) is 0 Å². The van der Waals surface area contributed by atoms with E-state index in [9.17, 15) is 0 Å². The Morgan fingerprint density at radius 2 is 1.73 bits per heavy atom. The van der Waals surface area contributed by atoms with Crippen molar-refractivity contribution in [3.05, 3.63) is 11.6 Å². The van der Waals surface area contributed by atoms with Gasteiger partial charge in [0.2, 0.25) is 0 Å². The molecule has 0 aliphatic heterocycles. The van der Waals surface area contributed by atoms with Gasteiger partial charge in [-0.2, -0.15) is 0 Å². The van der Waals surface area contributed by atoms with Crippen molar-refractivity contribution in [3.63, 3.8) is 0 Å². The minimum absolute atomic E-state index is 0.248. The predicted molar refractivity (Wildman–Crippen MR) is 41.6 cm³/mol. The average Bonchev–Trinajstić information content (AvgIpc) is 1.97. The van der Waals surface area contributed by atoms with Gasteiger partial charge in [-0.05, 0) is 18.6 Å². The molecular weight excluding hydrogens is 143 g/mol. The molecule has 1 aromatic rings. The summed E-state index contributed by atoms with van der Waals surface area (Å²) in [6, 6.07) is 1.18. The third kappa shape index (κ3) is 1.11. The van der Waals surface area contributed by atoms with Gasteiger partial charge in [0.15, 0.2) is 17.2 Å². The highest BCUT2D eigenvalue weighted by molar-refractivity contribution is 6.33. The summed E-state index contributed by atoms with van der Waals surface area (Å²) in [7, 11) is 5.36. The molecule has 0 spiro atoms. The zero-order chi connectivity index (χ0) is 8.59. The Hall–Kier alpha value is -1.32. The van der Waals surface area contributed by atoms with Crippen molar-refractivity contribution in [1.29, 1.82) is 0 Å². The monoisotopic (exact) mass is 150 g/mol. The van der Waals surface area contributed by atoms with E-state index >= 15 is 0 Å². The van der Waals surface area contributed by atoms with Crippen LogP contribution in [0, 0.1) is 6.92 Å². The maximum atomic E-state index is 9.08. The van der Waals surface area contributed by atoms with Crippen LogP contribution in [0.25, 0.3) is 0 Å². The van der Waals surface area contributed by atoms with Crippen LogP contribution in [-0.2, 0) is 0 Å². The third-order valence-corrected chi connectivity index (χ3v) is 1.55. The van der Waals surface area contributed by atoms with E-state index in [0.717, 1.165) is 0 Å². The van der Waals surface area contributed by atoms with Gasteiger partial charge >= 0.3 is 0 Å². The zero-order valence-corrected chi connectivity index (χ0v) is 6.00. The van der Waals surface area contributed by atoms with Gasteiger partial charge < -0.3 is 15.3 Å². The first-order chi connectivity index (χ1) is 5.04. The molecule has 0 amide bonds. The number of hydrogen-bond acceptors (Lipinski definition) is 3. The molecule has 0 atom stereocenters. The Bertz CT molecular complexity index is 270. The van der Waals surface area contributed by atoms with Crippen LogP contribution < -0.4 is 5.46 Å². The number of aromatic hydroxyl groups is 3. The first-order valence-corrected chi connectivity index (χ1v) is 3.04. The number of benzene rings is 1. The van der Waals surface area contributed by atoms with Gasteiger partial charge in [-0.25, -0.2) is 0 Å². The Balaban J connectivity index is 3.46. The fourth-order valence-electron chi connectivity index (χ4n) is 0.760. The second kappa shape index (κ2) is 2.38. The molecule has 0 aromatic heterocycles. The summed E-state index contributed by atoms with van der Waals surface area (Å²) in [6.45, 7) is 1.55. The maximum absolute atomic E-state index is 9.08. The van der Waals surface area contributed by atoms with E-state index in [4.69, 9.17) is 23.2 Å². The van der Waals surface area contributed by atoms with Crippen LogP contribution in [0.1, 0.15) is 5.56 Å². The lowest BCUT2D eigenvalue weighted by molar-refractivity contribution is 0.367. The van der Waals surface area contributed by atoms with Crippen molar-refractivity contribution in [2.24, 2.45) is 0 Å². The summed E-state index contributed by atoms with van der Waals surface area (Å²) < 4.78 is 0.